The Labute approximate surface area is 208 Å². The van der Waals surface area contributed by atoms with Gasteiger partial charge < -0.3 is 15.2 Å². The second-order valence-electron chi connectivity index (χ2n) is 6.58. The number of amides is 1. The van der Waals surface area contributed by atoms with Gasteiger partial charge in [-0.1, -0.05) is 57.9 Å². The van der Waals surface area contributed by atoms with Gasteiger partial charge in [0.1, 0.15) is 11.5 Å². The molecule has 0 saturated carbocycles. The number of carbonyl (C=O) groups excluding carboxylic acids is 1. The normalized spacial score (nSPS) is 10.8. The van der Waals surface area contributed by atoms with Crippen LogP contribution in [0.2, 0.25) is 5.02 Å². The Morgan fingerprint density at radius 1 is 0.935 bits per heavy atom. The molecule has 4 aromatic rings. The fraction of sp³-hybridized carbons (Fsp3) is 0. The van der Waals surface area contributed by atoms with Crippen molar-refractivity contribution in [1.82, 2.24) is 0 Å². The Balaban J connectivity index is 1.69. The lowest BCUT2D eigenvalue weighted by Crippen LogP contribution is -2.13. The highest BCUT2D eigenvalue weighted by atomic mass is 79.9. The number of ether oxygens (including phenoxy) is 1. The van der Waals surface area contributed by atoms with Gasteiger partial charge in [0.05, 0.1) is 20.2 Å². The zero-order valence-corrected chi connectivity index (χ0v) is 21.1. The molecule has 0 radical (unpaired) electrons. The molecule has 2 N–H and O–H groups in total. The number of phenols is 1. The number of halogens is 4. The van der Waals surface area contributed by atoms with Crippen LogP contribution in [0.15, 0.2) is 80.1 Å². The van der Waals surface area contributed by atoms with Gasteiger partial charge in [0.25, 0.3) is 5.91 Å². The second kappa shape index (κ2) is 9.20. The highest BCUT2D eigenvalue weighted by Gasteiger charge is 2.18. The average Bonchev–Trinajstić information content (AvgIpc) is 2.74. The molecule has 4 nitrogen and oxygen atoms in total. The van der Waals surface area contributed by atoms with Crippen LogP contribution in [-0.4, -0.2) is 11.0 Å². The Kier molecular flexibility index (Phi) is 6.57. The van der Waals surface area contributed by atoms with Crippen LogP contribution in [0.1, 0.15) is 10.4 Å². The zero-order chi connectivity index (χ0) is 22.1. The Morgan fingerprint density at radius 3 is 2.48 bits per heavy atom. The molecule has 0 unspecified atom stereocenters. The van der Waals surface area contributed by atoms with Crippen molar-refractivity contribution in [2.24, 2.45) is 0 Å². The molecule has 0 aliphatic heterocycles. The highest BCUT2D eigenvalue weighted by molar-refractivity contribution is 9.11. The molecule has 0 saturated heterocycles. The minimum Gasteiger partial charge on any atom is -0.506 e. The molecule has 4 aromatic carbocycles. The lowest BCUT2D eigenvalue weighted by Gasteiger charge is -2.15. The van der Waals surface area contributed by atoms with E-state index in [4.69, 9.17) is 16.3 Å². The number of carbonyl (C=O) groups is 1. The summed E-state index contributed by atoms with van der Waals surface area (Å²) in [7, 11) is 0. The monoisotopic (exact) mass is 623 g/mol. The first-order valence-corrected chi connectivity index (χ1v) is 11.7. The van der Waals surface area contributed by atoms with E-state index in [0.717, 1.165) is 15.2 Å². The lowest BCUT2D eigenvalue weighted by molar-refractivity contribution is 0.102. The lowest BCUT2D eigenvalue weighted by atomic mass is 10.1. The van der Waals surface area contributed by atoms with Crippen molar-refractivity contribution in [2.45, 2.75) is 0 Å². The number of nitrogens with one attached hydrogen (secondary N) is 1. The molecular weight excluding hydrogens is 613 g/mol. The number of aromatic hydroxyl groups is 1. The van der Waals surface area contributed by atoms with Crippen LogP contribution in [0.4, 0.5) is 5.69 Å². The number of hydrogen-bond donors (Lipinski definition) is 2. The summed E-state index contributed by atoms with van der Waals surface area (Å²) in [4.78, 5) is 12.9. The van der Waals surface area contributed by atoms with Crippen molar-refractivity contribution < 1.29 is 14.6 Å². The molecule has 0 aliphatic rings. The molecule has 4 rings (SSSR count). The average molecular weight is 627 g/mol. The molecule has 0 fully saturated rings. The first-order chi connectivity index (χ1) is 14.8. The molecule has 1 amide bonds. The second-order valence-corrected chi connectivity index (χ2v) is 9.58. The molecule has 0 heterocycles. The number of phenolic OH excluding ortho intramolecular Hbond substituents is 1. The van der Waals surface area contributed by atoms with Gasteiger partial charge in [0.15, 0.2) is 5.75 Å². The van der Waals surface area contributed by atoms with Gasteiger partial charge >= 0.3 is 0 Å². The van der Waals surface area contributed by atoms with Gasteiger partial charge in [0.2, 0.25) is 0 Å². The molecular formula is C23H13Br3ClNO3. The van der Waals surface area contributed by atoms with Crippen molar-refractivity contribution in [3.05, 3.63) is 90.7 Å². The molecule has 8 heteroatoms. The third-order valence-corrected chi connectivity index (χ3v) is 6.63. The van der Waals surface area contributed by atoms with Crippen LogP contribution in [0, 0.1) is 0 Å². The molecule has 156 valence electrons. The first kappa shape index (κ1) is 22.1. The van der Waals surface area contributed by atoms with Crippen LogP contribution in [-0.2, 0) is 0 Å². The van der Waals surface area contributed by atoms with E-state index in [0.29, 0.717) is 31.2 Å². The predicted molar refractivity (Wildman–Crippen MR) is 135 cm³/mol. The number of rotatable bonds is 4. The van der Waals surface area contributed by atoms with Crippen molar-refractivity contribution >= 4 is 81.8 Å². The number of hydrogen-bond acceptors (Lipinski definition) is 3. The maximum atomic E-state index is 12.9. The van der Waals surface area contributed by atoms with E-state index in [1.807, 2.05) is 36.4 Å². The SMILES string of the molecule is O=C(Nc1cc(Cl)ccc1Oc1ccc2ccccc2c1Br)c1cc(Br)cc(Br)c1O. The maximum Gasteiger partial charge on any atom is 0.259 e. The third-order valence-electron chi connectivity index (χ3n) is 4.51. The van der Waals surface area contributed by atoms with E-state index in [9.17, 15) is 9.90 Å². The van der Waals surface area contributed by atoms with Gasteiger partial charge in [-0.3, -0.25) is 4.79 Å². The van der Waals surface area contributed by atoms with Gasteiger partial charge in [-0.05, 0) is 79.0 Å². The smallest absolute Gasteiger partial charge is 0.259 e. The van der Waals surface area contributed by atoms with Crippen LogP contribution >= 0.6 is 59.4 Å². The quantitative estimate of drug-likeness (QED) is 0.239. The van der Waals surface area contributed by atoms with E-state index in [1.165, 1.54) is 6.07 Å². The minimum absolute atomic E-state index is 0.0964. The van der Waals surface area contributed by atoms with Gasteiger partial charge in [0, 0.05) is 9.50 Å². The summed E-state index contributed by atoms with van der Waals surface area (Å²) in [6.07, 6.45) is 0. The van der Waals surface area contributed by atoms with Crippen molar-refractivity contribution in [3.63, 3.8) is 0 Å². The predicted octanol–water partition coefficient (Wildman–Crippen LogP) is 8.53. The van der Waals surface area contributed by atoms with Crippen LogP contribution in [0.25, 0.3) is 10.8 Å². The Hall–Kier alpha value is -2.06. The summed E-state index contributed by atoms with van der Waals surface area (Å²) in [5.41, 5.74) is 0.465. The summed E-state index contributed by atoms with van der Waals surface area (Å²) in [6.45, 7) is 0. The van der Waals surface area contributed by atoms with Gasteiger partial charge in [-0.15, -0.1) is 0 Å². The molecule has 0 spiro atoms. The van der Waals surface area contributed by atoms with Crippen molar-refractivity contribution in [3.8, 4) is 17.2 Å². The Morgan fingerprint density at radius 2 is 1.68 bits per heavy atom. The molecule has 31 heavy (non-hydrogen) atoms. The van der Waals surface area contributed by atoms with Crippen molar-refractivity contribution in [2.75, 3.05) is 5.32 Å². The summed E-state index contributed by atoms with van der Waals surface area (Å²) >= 11 is 16.3. The molecule has 0 atom stereocenters. The van der Waals surface area contributed by atoms with Gasteiger partial charge in [-0.25, -0.2) is 0 Å². The largest absolute Gasteiger partial charge is 0.506 e. The number of benzene rings is 4. The van der Waals surface area contributed by atoms with Crippen LogP contribution in [0.3, 0.4) is 0 Å². The fourth-order valence-electron chi connectivity index (χ4n) is 3.03. The van der Waals surface area contributed by atoms with Gasteiger partial charge in [-0.2, -0.15) is 0 Å². The van der Waals surface area contributed by atoms with E-state index in [1.54, 1.807) is 24.3 Å². The summed E-state index contributed by atoms with van der Waals surface area (Å²) < 4.78 is 7.96. The molecule has 0 aromatic heterocycles. The number of anilines is 1. The molecule has 0 bridgehead atoms. The minimum atomic E-state index is -0.510. The van der Waals surface area contributed by atoms with Crippen molar-refractivity contribution in [1.29, 1.82) is 0 Å². The van der Waals surface area contributed by atoms with E-state index >= 15 is 0 Å². The standard InChI is InChI=1S/C23H13Br3ClNO3/c24-13-9-16(22(29)17(25)10-13)23(30)28-18-11-14(27)6-8-19(18)31-20-7-5-12-3-1-2-4-15(12)21(20)26/h1-11,29H,(H,28,30). The highest BCUT2D eigenvalue weighted by Crippen LogP contribution is 2.39. The summed E-state index contributed by atoms with van der Waals surface area (Å²) in [6, 6.07) is 19.9. The Bertz CT molecular complexity index is 1330. The topological polar surface area (TPSA) is 58.6 Å². The van der Waals surface area contributed by atoms with Crippen LogP contribution in [0.5, 0.6) is 17.2 Å². The van der Waals surface area contributed by atoms with Crippen LogP contribution < -0.4 is 10.1 Å². The first-order valence-electron chi connectivity index (χ1n) is 8.97. The maximum absolute atomic E-state index is 12.9. The van der Waals surface area contributed by atoms with E-state index < -0.39 is 5.91 Å². The summed E-state index contributed by atoms with van der Waals surface area (Å²) in [5, 5.41) is 15.6. The third kappa shape index (κ3) is 4.75. The molecule has 0 aliphatic carbocycles. The van der Waals surface area contributed by atoms with E-state index in [-0.39, 0.29) is 11.3 Å². The number of fused-ring (bicyclic) bond motifs is 1. The van der Waals surface area contributed by atoms with E-state index in [2.05, 4.69) is 53.1 Å². The fourth-order valence-corrected chi connectivity index (χ4v) is 5.00. The zero-order valence-electron chi connectivity index (χ0n) is 15.6. The summed E-state index contributed by atoms with van der Waals surface area (Å²) in [5.74, 6) is 0.318.